The topological polar surface area (TPSA) is 55.8 Å². The van der Waals surface area contributed by atoms with Gasteiger partial charge in [0, 0.05) is 0 Å². The zero-order chi connectivity index (χ0) is 22.3. The van der Waals surface area contributed by atoms with Crippen molar-refractivity contribution in [2.45, 2.75) is 6.54 Å². The molecule has 4 rings (SSSR count). The van der Waals surface area contributed by atoms with Gasteiger partial charge < -0.3 is 9.47 Å². The van der Waals surface area contributed by atoms with Gasteiger partial charge in [0.2, 0.25) is 0 Å². The van der Waals surface area contributed by atoms with Crippen LogP contribution in [0.2, 0.25) is 0 Å². The number of carbonyl (C=O) groups is 2. The number of benzene rings is 3. The molecule has 0 saturated carbocycles. The van der Waals surface area contributed by atoms with Crippen LogP contribution in [-0.4, -0.2) is 29.3 Å². The van der Waals surface area contributed by atoms with E-state index < -0.39 is 0 Å². The van der Waals surface area contributed by atoms with Gasteiger partial charge in [-0.05, 0) is 65.4 Å². The van der Waals surface area contributed by atoms with Crippen molar-refractivity contribution in [3.8, 4) is 11.5 Å². The number of ether oxygens (including phenoxy) is 2. The van der Waals surface area contributed by atoms with Crippen molar-refractivity contribution in [3.05, 3.63) is 101 Å². The van der Waals surface area contributed by atoms with E-state index in [-0.39, 0.29) is 23.5 Å². The van der Waals surface area contributed by atoms with Crippen LogP contribution in [0, 0.1) is 5.82 Å². The predicted octanol–water partition coefficient (Wildman–Crippen LogP) is 5.52. The van der Waals surface area contributed by atoms with Gasteiger partial charge in [-0.3, -0.25) is 14.5 Å². The molecule has 0 radical (unpaired) electrons. The fourth-order valence-electron chi connectivity index (χ4n) is 3.09. The lowest BCUT2D eigenvalue weighted by Crippen LogP contribution is -2.27. The molecule has 2 amide bonds. The maximum atomic E-state index is 13.1. The Morgan fingerprint density at radius 2 is 1.53 bits per heavy atom. The van der Waals surface area contributed by atoms with Gasteiger partial charge in [-0.25, -0.2) is 4.39 Å². The molecule has 0 atom stereocenters. The van der Waals surface area contributed by atoms with Gasteiger partial charge in [-0.15, -0.1) is 0 Å². The van der Waals surface area contributed by atoms with E-state index in [9.17, 15) is 14.0 Å². The third-order valence-corrected chi connectivity index (χ3v) is 5.55. The monoisotopic (exact) mass is 449 g/mol. The number of para-hydroxylation sites is 1. The Bertz CT molecular complexity index is 1130. The fraction of sp³-hybridized carbons (Fsp3) is 0.120. The van der Waals surface area contributed by atoms with Crippen molar-refractivity contribution in [1.82, 2.24) is 4.90 Å². The molecule has 0 bridgehead atoms. The zero-order valence-electron chi connectivity index (χ0n) is 17.1. The molecule has 5 nitrogen and oxygen atoms in total. The third-order valence-electron chi connectivity index (χ3n) is 4.65. The molecule has 3 aromatic rings. The van der Waals surface area contributed by atoms with Gasteiger partial charge in [0.1, 0.15) is 30.5 Å². The van der Waals surface area contributed by atoms with Gasteiger partial charge in [0.25, 0.3) is 11.1 Å². The molecule has 1 heterocycles. The molecule has 1 saturated heterocycles. The van der Waals surface area contributed by atoms with Crippen LogP contribution in [0.25, 0.3) is 6.08 Å². The van der Waals surface area contributed by atoms with Gasteiger partial charge in [-0.2, -0.15) is 0 Å². The molecule has 1 aliphatic rings. The molecule has 7 heteroatoms. The molecule has 0 spiro atoms. The van der Waals surface area contributed by atoms with E-state index in [2.05, 4.69) is 0 Å². The Labute approximate surface area is 189 Å². The van der Waals surface area contributed by atoms with E-state index in [1.54, 1.807) is 24.3 Å². The van der Waals surface area contributed by atoms with Gasteiger partial charge in [0.05, 0.1) is 11.4 Å². The highest BCUT2D eigenvalue weighted by Gasteiger charge is 2.34. The number of halogens is 1. The van der Waals surface area contributed by atoms with Crippen molar-refractivity contribution in [1.29, 1.82) is 0 Å². The molecule has 0 N–H and O–H groups in total. The summed E-state index contributed by atoms with van der Waals surface area (Å²) in [6, 6.07) is 22.5. The van der Waals surface area contributed by atoms with E-state index in [0.717, 1.165) is 28.0 Å². The number of hydrogen-bond acceptors (Lipinski definition) is 5. The first-order valence-electron chi connectivity index (χ1n) is 9.99. The first-order chi connectivity index (χ1) is 15.6. The second-order valence-electron chi connectivity index (χ2n) is 6.98. The lowest BCUT2D eigenvalue weighted by Gasteiger charge is -2.12. The van der Waals surface area contributed by atoms with Gasteiger partial charge in [-0.1, -0.05) is 42.5 Å². The second-order valence-corrected chi connectivity index (χ2v) is 7.97. The highest BCUT2D eigenvalue weighted by Crippen LogP contribution is 2.33. The maximum absolute atomic E-state index is 13.1. The highest BCUT2D eigenvalue weighted by atomic mass is 32.2. The number of thioether (sulfide) groups is 1. The second kappa shape index (κ2) is 10.2. The number of amides is 2. The smallest absolute Gasteiger partial charge is 0.293 e. The Hall–Kier alpha value is -3.58. The minimum atomic E-state index is -0.369. The normalized spacial score (nSPS) is 14.8. The van der Waals surface area contributed by atoms with E-state index in [0.29, 0.717) is 29.4 Å². The third kappa shape index (κ3) is 5.56. The summed E-state index contributed by atoms with van der Waals surface area (Å²) in [5.41, 5.74) is 1.43. The molecule has 0 aromatic heterocycles. The largest absolute Gasteiger partial charge is 0.490 e. The molecular formula is C25H20FNO4S. The highest BCUT2D eigenvalue weighted by molar-refractivity contribution is 8.18. The lowest BCUT2D eigenvalue weighted by molar-refractivity contribution is -0.123. The molecule has 162 valence electrons. The van der Waals surface area contributed by atoms with Crippen molar-refractivity contribution >= 4 is 29.0 Å². The molecule has 1 fully saturated rings. The molecule has 32 heavy (non-hydrogen) atoms. The molecule has 1 aliphatic heterocycles. The van der Waals surface area contributed by atoms with Crippen LogP contribution in [0.5, 0.6) is 11.5 Å². The van der Waals surface area contributed by atoms with Crippen LogP contribution >= 0.6 is 11.8 Å². The van der Waals surface area contributed by atoms with Crippen molar-refractivity contribution in [2.75, 3.05) is 13.2 Å². The Morgan fingerprint density at radius 3 is 2.28 bits per heavy atom. The maximum Gasteiger partial charge on any atom is 0.293 e. The van der Waals surface area contributed by atoms with Crippen LogP contribution in [-0.2, 0) is 11.3 Å². The summed E-state index contributed by atoms with van der Waals surface area (Å²) >= 11 is 0.888. The van der Waals surface area contributed by atoms with Crippen molar-refractivity contribution in [2.24, 2.45) is 0 Å². The summed E-state index contributed by atoms with van der Waals surface area (Å²) in [7, 11) is 0. The number of imide groups is 1. The fourth-order valence-corrected chi connectivity index (χ4v) is 3.93. The molecule has 3 aromatic carbocycles. The zero-order valence-corrected chi connectivity index (χ0v) is 17.9. The Morgan fingerprint density at radius 1 is 0.844 bits per heavy atom. The van der Waals surface area contributed by atoms with E-state index in [1.165, 1.54) is 12.1 Å². The van der Waals surface area contributed by atoms with Crippen LogP contribution in [0.1, 0.15) is 11.1 Å². The van der Waals surface area contributed by atoms with Gasteiger partial charge >= 0.3 is 0 Å². The number of rotatable bonds is 8. The van der Waals surface area contributed by atoms with Crippen LogP contribution < -0.4 is 9.47 Å². The van der Waals surface area contributed by atoms with Gasteiger partial charge in [0.15, 0.2) is 0 Å². The average molecular weight is 450 g/mol. The van der Waals surface area contributed by atoms with Crippen molar-refractivity contribution in [3.63, 3.8) is 0 Å². The number of carbonyl (C=O) groups excluding carboxylic acids is 2. The lowest BCUT2D eigenvalue weighted by atomic mass is 10.2. The summed E-state index contributed by atoms with van der Waals surface area (Å²) < 4.78 is 24.4. The van der Waals surface area contributed by atoms with Crippen LogP contribution in [0.3, 0.4) is 0 Å². The summed E-state index contributed by atoms with van der Waals surface area (Å²) in [5, 5.41) is -0.351. The molecular weight excluding hydrogens is 429 g/mol. The van der Waals surface area contributed by atoms with E-state index in [1.807, 2.05) is 48.5 Å². The van der Waals surface area contributed by atoms with E-state index >= 15 is 0 Å². The Balaban J connectivity index is 1.36. The number of nitrogens with zero attached hydrogens (tertiary/aromatic N) is 1. The quantitative estimate of drug-likeness (QED) is 0.335. The minimum absolute atomic E-state index is 0.104. The van der Waals surface area contributed by atoms with Crippen LogP contribution in [0.15, 0.2) is 83.8 Å². The SMILES string of the molecule is O=C1S/C(=C\c2cccc(OCCOc3ccccc3)c2)C(=O)N1Cc1ccc(F)cc1. The summed E-state index contributed by atoms with van der Waals surface area (Å²) in [6.45, 7) is 0.871. The van der Waals surface area contributed by atoms with Crippen molar-refractivity contribution < 1.29 is 23.5 Å². The van der Waals surface area contributed by atoms with E-state index in [4.69, 9.17) is 9.47 Å². The molecule has 0 aliphatic carbocycles. The number of hydrogen-bond donors (Lipinski definition) is 0. The first kappa shape index (κ1) is 21.6. The predicted molar refractivity (Wildman–Crippen MR) is 122 cm³/mol. The summed E-state index contributed by atoms with van der Waals surface area (Å²) in [4.78, 5) is 26.5. The Kier molecular flexibility index (Phi) is 6.87. The average Bonchev–Trinajstić information content (AvgIpc) is 3.06. The summed E-state index contributed by atoms with van der Waals surface area (Å²) in [5.74, 6) is 0.686. The summed E-state index contributed by atoms with van der Waals surface area (Å²) in [6.07, 6.45) is 1.67. The first-order valence-corrected chi connectivity index (χ1v) is 10.8. The minimum Gasteiger partial charge on any atom is -0.490 e. The standard InChI is InChI=1S/C25H20FNO4S/c26-20-11-9-18(10-12-20)17-27-24(28)23(32-25(27)29)16-19-5-4-8-22(15-19)31-14-13-30-21-6-2-1-3-7-21/h1-12,15-16H,13-14,17H2/b23-16-. The van der Waals surface area contributed by atoms with Crippen LogP contribution in [0.4, 0.5) is 9.18 Å². The molecule has 0 unspecified atom stereocenters.